The summed E-state index contributed by atoms with van der Waals surface area (Å²) in [6.45, 7) is 0.911. The number of nitrogens with zero attached hydrogens (tertiary/aromatic N) is 2. The smallest absolute Gasteiger partial charge is 0.308 e. The van der Waals surface area contributed by atoms with Crippen LogP contribution >= 0.6 is 0 Å². The molecule has 0 bridgehead atoms. The van der Waals surface area contributed by atoms with Crippen molar-refractivity contribution >= 4 is 11.9 Å². The molecule has 0 unspecified atom stereocenters. The van der Waals surface area contributed by atoms with E-state index in [0.29, 0.717) is 25.2 Å². The molecule has 1 aliphatic heterocycles. The van der Waals surface area contributed by atoms with Crippen LogP contribution in [0.2, 0.25) is 0 Å². The highest BCUT2D eigenvalue weighted by atomic mass is 16.4. The molecule has 23 heavy (non-hydrogen) atoms. The maximum Gasteiger partial charge on any atom is 0.308 e. The van der Waals surface area contributed by atoms with Crippen LogP contribution in [0, 0.1) is 5.92 Å². The molecule has 2 heterocycles. The van der Waals surface area contributed by atoms with Gasteiger partial charge < -0.3 is 14.6 Å². The van der Waals surface area contributed by atoms with Crippen LogP contribution < -0.4 is 0 Å². The van der Waals surface area contributed by atoms with Gasteiger partial charge >= 0.3 is 5.97 Å². The minimum absolute atomic E-state index is 0.0966. The molecule has 0 saturated carbocycles. The molecule has 5 nitrogen and oxygen atoms in total. The zero-order valence-corrected chi connectivity index (χ0v) is 13.1. The number of amides is 1. The summed E-state index contributed by atoms with van der Waals surface area (Å²) in [5.74, 6) is -1.37. The Morgan fingerprint density at radius 3 is 2.57 bits per heavy atom. The van der Waals surface area contributed by atoms with E-state index in [4.69, 9.17) is 0 Å². The molecule has 1 aromatic heterocycles. The summed E-state index contributed by atoms with van der Waals surface area (Å²) < 4.78 is 1.88. The Hall–Kier alpha value is -2.56. The van der Waals surface area contributed by atoms with E-state index >= 15 is 0 Å². The predicted octanol–water partition coefficient (Wildman–Crippen LogP) is 2.63. The van der Waals surface area contributed by atoms with E-state index in [-0.39, 0.29) is 5.91 Å². The lowest BCUT2D eigenvalue weighted by Gasteiger charge is -2.30. The van der Waals surface area contributed by atoms with Crippen LogP contribution in [0.15, 0.2) is 42.5 Å². The van der Waals surface area contributed by atoms with Crippen molar-refractivity contribution < 1.29 is 14.7 Å². The van der Waals surface area contributed by atoms with Gasteiger partial charge in [0.15, 0.2) is 0 Å². The monoisotopic (exact) mass is 312 g/mol. The fourth-order valence-electron chi connectivity index (χ4n) is 3.15. The fourth-order valence-corrected chi connectivity index (χ4v) is 3.15. The fraction of sp³-hybridized carbons (Fsp3) is 0.333. The van der Waals surface area contributed by atoms with Crippen LogP contribution in [0.4, 0.5) is 0 Å². The number of aliphatic carboxylic acids is 1. The SMILES string of the molecule is Cn1c(C(=O)N2CCC[C@@H](C(=O)O)C2)ccc1-c1ccccc1. The Labute approximate surface area is 135 Å². The van der Waals surface area contributed by atoms with Crippen molar-refractivity contribution in [3.63, 3.8) is 0 Å². The Kier molecular flexibility index (Phi) is 4.19. The van der Waals surface area contributed by atoms with Crippen molar-refractivity contribution in [2.24, 2.45) is 13.0 Å². The molecule has 2 aromatic rings. The van der Waals surface area contributed by atoms with Crippen molar-refractivity contribution in [3.8, 4) is 11.3 Å². The summed E-state index contributed by atoms with van der Waals surface area (Å²) in [4.78, 5) is 25.6. The van der Waals surface area contributed by atoms with Crippen molar-refractivity contribution in [1.29, 1.82) is 0 Å². The zero-order valence-electron chi connectivity index (χ0n) is 13.1. The van der Waals surface area contributed by atoms with E-state index < -0.39 is 11.9 Å². The summed E-state index contributed by atoms with van der Waals surface area (Å²) in [7, 11) is 1.87. The quantitative estimate of drug-likeness (QED) is 0.947. The number of aromatic nitrogens is 1. The summed E-state index contributed by atoms with van der Waals surface area (Å²) in [5, 5.41) is 9.17. The molecule has 1 N–H and O–H groups in total. The first-order valence-corrected chi connectivity index (χ1v) is 7.81. The molecular weight excluding hydrogens is 292 g/mol. The highest BCUT2D eigenvalue weighted by Crippen LogP contribution is 2.24. The van der Waals surface area contributed by atoms with Gasteiger partial charge in [0.1, 0.15) is 5.69 Å². The molecule has 0 spiro atoms. The molecule has 1 amide bonds. The number of hydrogen-bond donors (Lipinski definition) is 1. The van der Waals surface area contributed by atoms with Crippen LogP contribution in [0.3, 0.4) is 0 Å². The van der Waals surface area contributed by atoms with E-state index in [0.717, 1.165) is 17.7 Å². The van der Waals surface area contributed by atoms with Gasteiger partial charge in [0.05, 0.1) is 5.92 Å². The maximum atomic E-state index is 12.7. The molecule has 1 fully saturated rings. The molecule has 120 valence electrons. The average molecular weight is 312 g/mol. The van der Waals surface area contributed by atoms with Gasteiger partial charge in [-0.1, -0.05) is 30.3 Å². The van der Waals surface area contributed by atoms with Crippen LogP contribution in [0.5, 0.6) is 0 Å². The topological polar surface area (TPSA) is 62.5 Å². The molecule has 1 saturated heterocycles. The third-order valence-electron chi connectivity index (χ3n) is 4.47. The van der Waals surface area contributed by atoms with Gasteiger partial charge in [-0.2, -0.15) is 0 Å². The van der Waals surface area contributed by atoms with E-state index in [1.54, 1.807) is 4.90 Å². The molecular formula is C18H20N2O3. The van der Waals surface area contributed by atoms with Gasteiger partial charge in [0, 0.05) is 25.8 Å². The van der Waals surface area contributed by atoms with Gasteiger partial charge in [0.25, 0.3) is 5.91 Å². The summed E-state index contributed by atoms with van der Waals surface area (Å²) in [6.07, 6.45) is 1.38. The lowest BCUT2D eigenvalue weighted by molar-refractivity contribution is -0.143. The average Bonchev–Trinajstić information content (AvgIpc) is 2.96. The summed E-state index contributed by atoms with van der Waals surface area (Å²) >= 11 is 0. The lowest BCUT2D eigenvalue weighted by Crippen LogP contribution is -2.42. The van der Waals surface area contributed by atoms with Crippen molar-refractivity contribution in [3.05, 3.63) is 48.2 Å². The van der Waals surface area contributed by atoms with Gasteiger partial charge in [-0.3, -0.25) is 9.59 Å². The highest BCUT2D eigenvalue weighted by Gasteiger charge is 2.29. The molecule has 3 rings (SSSR count). The van der Waals surface area contributed by atoms with Crippen LogP contribution in [-0.2, 0) is 11.8 Å². The first-order chi connectivity index (χ1) is 11.1. The van der Waals surface area contributed by atoms with Gasteiger partial charge in [0.2, 0.25) is 0 Å². The Bertz CT molecular complexity index is 721. The standard InChI is InChI=1S/C18H20N2O3/c1-19-15(13-6-3-2-4-7-13)9-10-16(19)17(21)20-11-5-8-14(12-20)18(22)23/h2-4,6-7,9-10,14H,5,8,11-12H2,1H3,(H,22,23)/t14-/m1/s1. The van der Waals surface area contributed by atoms with E-state index in [2.05, 4.69) is 0 Å². The first kappa shape index (κ1) is 15.3. The summed E-state index contributed by atoms with van der Waals surface area (Å²) in [6, 6.07) is 13.6. The van der Waals surface area contributed by atoms with Crippen molar-refractivity contribution in [1.82, 2.24) is 9.47 Å². The Balaban J connectivity index is 1.83. The zero-order chi connectivity index (χ0) is 16.4. The number of carboxylic acids is 1. The number of piperidine rings is 1. The molecule has 1 aliphatic rings. The van der Waals surface area contributed by atoms with E-state index in [9.17, 15) is 14.7 Å². The Morgan fingerprint density at radius 2 is 1.87 bits per heavy atom. The van der Waals surface area contributed by atoms with Crippen LogP contribution in [0.1, 0.15) is 23.3 Å². The van der Waals surface area contributed by atoms with Crippen LogP contribution in [-0.4, -0.2) is 39.5 Å². The minimum Gasteiger partial charge on any atom is -0.481 e. The van der Waals surface area contributed by atoms with Gasteiger partial charge in [-0.15, -0.1) is 0 Å². The van der Waals surface area contributed by atoms with Crippen LogP contribution in [0.25, 0.3) is 11.3 Å². The largest absolute Gasteiger partial charge is 0.481 e. The van der Waals surface area contributed by atoms with Gasteiger partial charge in [-0.05, 0) is 30.5 Å². The van der Waals surface area contributed by atoms with E-state index in [1.165, 1.54) is 0 Å². The number of likely N-dealkylation sites (tertiary alicyclic amines) is 1. The first-order valence-electron chi connectivity index (χ1n) is 7.81. The minimum atomic E-state index is -0.820. The normalized spacial score (nSPS) is 18.0. The molecule has 1 aromatic carbocycles. The van der Waals surface area contributed by atoms with E-state index in [1.807, 2.05) is 54.1 Å². The molecule has 1 atom stereocenters. The summed E-state index contributed by atoms with van der Waals surface area (Å²) in [5.41, 5.74) is 2.62. The number of rotatable bonds is 3. The number of benzene rings is 1. The number of carbonyl (C=O) groups is 2. The second kappa shape index (κ2) is 6.28. The predicted molar refractivity (Wildman–Crippen MR) is 87.1 cm³/mol. The van der Waals surface area contributed by atoms with Crippen molar-refractivity contribution in [2.45, 2.75) is 12.8 Å². The number of carboxylic acid groups (broad SMARTS) is 1. The molecule has 0 aliphatic carbocycles. The lowest BCUT2D eigenvalue weighted by atomic mass is 9.98. The second-order valence-electron chi connectivity index (χ2n) is 5.96. The highest BCUT2D eigenvalue weighted by molar-refractivity contribution is 5.94. The van der Waals surface area contributed by atoms with Crippen molar-refractivity contribution in [2.75, 3.05) is 13.1 Å². The Morgan fingerprint density at radius 1 is 1.13 bits per heavy atom. The third kappa shape index (κ3) is 2.99. The maximum absolute atomic E-state index is 12.7. The number of hydrogen-bond acceptors (Lipinski definition) is 2. The molecule has 5 heteroatoms. The number of carbonyl (C=O) groups excluding carboxylic acids is 1. The second-order valence-corrected chi connectivity index (χ2v) is 5.96. The van der Waals surface area contributed by atoms with Gasteiger partial charge in [-0.25, -0.2) is 0 Å². The third-order valence-corrected chi connectivity index (χ3v) is 4.47. The molecule has 0 radical (unpaired) electrons.